The van der Waals surface area contributed by atoms with Crippen LogP contribution in [-0.4, -0.2) is 35.3 Å². The zero-order valence-electron chi connectivity index (χ0n) is 20.4. The van der Waals surface area contributed by atoms with E-state index in [2.05, 4.69) is 28.6 Å². The molecule has 0 radical (unpaired) electrons. The van der Waals surface area contributed by atoms with Gasteiger partial charge >= 0.3 is 0 Å². The molecule has 5 rings (SSSR count). The van der Waals surface area contributed by atoms with Crippen molar-refractivity contribution in [1.82, 2.24) is 23.7 Å². The maximum Gasteiger partial charge on any atom is 0.267 e. The van der Waals surface area contributed by atoms with Gasteiger partial charge in [-0.15, -0.1) is 10.2 Å². The van der Waals surface area contributed by atoms with E-state index in [1.807, 2.05) is 79.8 Å². The summed E-state index contributed by atoms with van der Waals surface area (Å²) < 4.78 is 5.66. The van der Waals surface area contributed by atoms with Crippen molar-refractivity contribution >= 4 is 34.2 Å². The fourth-order valence-corrected chi connectivity index (χ4v) is 5.69. The quantitative estimate of drug-likeness (QED) is 0.241. The normalized spacial score (nSPS) is 11.7. The second-order valence-corrected chi connectivity index (χ2v) is 9.97. The number of benzene rings is 2. The number of carbonyl (C=O) groups excluding carboxylic acids is 1. The topological polar surface area (TPSA) is 74.2 Å². The lowest BCUT2D eigenvalue weighted by Gasteiger charge is -2.13. The minimum Gasteiger partial charge on any atom is -0.346 e. The summed E-state index contributed by atoms with van der Waals surface area (Å²) in [5, 5.41) is 9.94. The van der Waals surface area contributed by atoms with E-state index >= 15 is 0 Å². The van der Waals surface area contributed by atoms with Crippen LogP contribution >= 0.6 is 11.8 Å². The minimum atomic E-state index is -0.149. The van der Waals surface area contributed by atoms with Gasteiger partial charge in [0, 0.05) is 23.0 Å². The van der Waals surface area contributed by atoms with Gasteiger partial charge in [-0.1, -0.05) is 42.1 Å². The Hall–Kier alpha value is -3.65. The van der Waals surface area contributed by atoms with Crippen LogP contribution in [0.3, 0.4) is 0 Å². The van der Waals surface area contributed by atoms with E-state index in [1.165, 1.54) is 11.8 Å². The first kappa shape index (κ1) is 23.1. The van der Waals surface area contributed by atoms with Crippen LogP contribution in [0.5, 0.6) is 0 Å². The summed E-state index contributed by atoms with van der Waals surface area (Å²) in [6.07, 6.45) is 0. The van der Waals surface area contributed by atoms with E-state index in [0.29, 0.717) is 16.3 Å². The molecular formula is C27H27N5O2S. The number of thioether (sulfide) groups is 1. The number of fused-ring (bicyclic) bond motifs is 3. The number of nitrogens with zero attached hydrogens (tertiary/aromatic N) is 5. The molecule has 35 heavy (non-hydrogen) atoms. The van der Waals surface area contributed by atoms with E-state index < -0.39 is 0 Å². The van der Waals surface area contributed by atoms with Gasteiger partial charge in [-0.05, 0) is 64.4 Å². The Morgan fingerprint density at radius 2 is 1.71 bits per heavy atom. The highest BCUT2D eigenvalue weighted by atomic mass is 32.2. The standard InChI is InChI=1S/C27H27N5O2S/c1-16(2)30-18(4)14-21(19(30)5)24(33)15-35-27-29-28-26-31(22-12-8-6-10-17(22)3)25(34)20-11-7-9-13-23(20)32(26)27/h6-14,16H,15H2,1-5H3. The molecule has 0 saturated carbocycles. The summed E-state index contributed by atoms with van der Waals surface area (Å²) >= 11 is 1.34. The third-order valence-corrected chi connectivity index (χ3v) is 7.31. The van der Waals surface area contributed by atoms with E-state index in [1.54, 1.807) is 4.57 Å². The summed E-state index contributed by atoms with van der Waals surface area (Å²) in [4.78, 5) is 26.7. The van der Waals surface area contributed by atoms with Crippen molar-refractivity contribution in [3.8, 4) is 5.69 Å². The van der Waals surface area contributed by atoms with Gasteiger partial charge in [-0.2, -0.15) is 0 Å². The van der Waals surface area contributed by atoms with Gasteiger partial charge in [-0.25, -0.2) is 4.57 Å². The number of carbonyl (C=O) groups is 1. The van der Waals surface area contributed by atoms with Crippen molar-refractivity contribution in [2.24, 2.45) is 0 Å². The van der Waals surface area contributed by atoms with Crippen LogP contribution in [0.25, 0.3) is 22.4 Å². The molecule has 7 nitrogen and oxygen atoms in total. The molecule has 0 aliphatic carbocycles. The van der Waals surface area contributed by atoms with E-state index in [-0.39, 0.29) is 23.1 Å². The molecule has 3 heterocycles. The number of hydrogen-bond donors (Lipinski definition) is 0. The number of hydrogen-bond acceptors (Lipinski definition) is 5. The number of Topliss-reactive ketones (excluding diaryl/α,β-unsaturated/α-hetero) is 1. The lowest BCUT2D eigenvalue weighted by molar-refractivity contribution is 0.102. The Kier molecular flexibility index (Phi) is 5.84. The minimum absolute atomic E-state index is 0.0447. The third-order valence-electron chi connectivity index (χ3n) is 6.38. The molecule has 0 saturated heterocycles. The summed E-state index contributed by atoms with van der Waals surface area (Å²) in [6, 6.07) is 17.4. The first-order valence-electron chi connectivity index (χ1n) is 11.6. The zero-order chi connectivity index (χ0) is 24.9. The highest BCUT2D eigenvalue weighted by Gasteiger charge is 2.21. The van der Waals surface area contributed by atoms with Crippen LogP contribution < -0.4 is 5.56 Å². The molecule has 0 unspecified atom stereocenters. The Bertz CT molecular complexity index is 1660. The number of rotatable bonds is 6. The van der Waals surface area contributed by atoms with Crippen LogP contribution in [0.15, 0.2) is 64.5 Å². The molecule has 8 heteroatoms. The molecule has 178 valence electrons. The van der Waals surface area contributed by atoms with Crippen LogP contribution in [-0.2, 0) is 0 Å². The lowest BCUT2D eigenvalue weighted by Crippen LogP contribution is -2.22. The SMILES string of the molecule is Cc1ccccc1-n1c(=O)c2ccccc2n2c(SCC(=O)c3cc(C)n(C(C)C)c3C)nnc12. The maximum absolute atomic E-state index is 13.5. The molecule has 0 aliphatic rings. The monoisotopic (exact) mass is 485 g/mol. The molecular weight excluding hydrogens is 458 g/mol. The van der Waals surface area contributed by atoms with Crippen LogP contribution in [0.4, 0.5) is 0 Å². The zero-order valence-corrected chi connectivity index (χ0v) is 21.3. The van der Waals surface area contributed by atoms with E-state index in [4.69, 9.17) is 0 Å². The fourth-order valence-electron chi connectivity index (χ4n) is 4.87. The first-order chi connectivity index (χ1) is 16.8. The van der Waals surface area contributed by atoms with Crippen LogP contribution in [0.1, 0.15) is 47.2 Å². The smallest absolute Gasteiger partial charge is 0.267 e. The second-order valence-electron chi connectivity index (χ2n) is 9.02. The molecule has 5 aromatic rings. The summed E-state index contributed by atoms with van der Waals surface area (Å²) in [6.45, 7) is 10.2. The van der Waals surface area contributed by atoms with Crippen molar-refractivity contribution in [3.05, 3.63) is 87.5 Å². The average molecular weight is 486 g/mol. The Labute approximate surface area is 207 Å². The van der Waals surface area contributed by atoms with Crippen molar-refractivity contribution in [1.29, 1.82) is 0 Å². The highest BCUT2D eigenvalue weighted by Crippen LogP contribution is 2.26. The molecule has 0 aliphatic heterocycles. The van der Waals surface area contributed by atoms with Crippen molar-refractivity contribution in [2.45, 2.75) is 45.8 Å². The lowest BCUT2D eigenvalue weighted by atomic mass is 10.2. The molecule has 0 bridgehead atoms. The molecule has 0 N–H and O–H groups in total. The first-order valence-corrected chi connectivity index (χ1v) is 12.6. The Morgan fingerprint density at radius 1 is 1.00 bits per heavy atom. The largest absolute Gasteiger partial charge is 0.346 e. The number of ketones is 1. The van der Waals surface area contributed by atoms with Gasteiger partial charge < -0.3 is 4.57 Å². The number of para-hydroxylation sites is 2. The molecule has 0 spiro atoms. The van der Waals surface area contributed by atoms with Gasteiger partial charge in [0.15, 0.2) is 10.9 Å². The van der Waals surface area contributed by atoms with Crippen molar-refractivity contribution < 1.29 is 4.79 Å². The Balaban J connectivity index is 1.61. The predicted octanol–water partition coefficient (Wildman–Crippen LogP) is 5.32. The van der Waals surface area contributed by atoms with Gasteiger partial charge in [-0.3, -0.25) is 14.0 Å². The van der Waals surface area contributed by atoms with Crippen LogP contribution in [0.2, 0.25) is 0 Å². The fraction of sp³-hybridized carbons (Fsp3) is 0.259. The van der Waals surface area contributed by atoms with Crippen molar-refractivity contribution in [3.63, 3.8) is 0 Å². The Morgan fingerprint density at radius 3 is 2.43 bits per heavy atom. The molecule has 0 amide bonds. The molecule has 2 aromatic carbocycles. The van der Waals surface area contributed by atoms with E-state index in [0.717, 1.165) is 33.7 Å². The second kappa shape index (κ2) is 8.85. The van der Waals surface area contributed by atoms with Gasteiger partial charge in [0.2, 0.25) is 5.78 Å². The maximum atomic E-state index is 13.5. The van der Waals surface area contributed by atoms with Crippen molar-refractivity contribution in [2.75, 3.05) is 5.75 Å². The average Bonchev–Trinajstić information content (AvgIpc) is 3.39. The predicted molar refractivity (Wildman–Crippen MR) is 140 cm³/mol. The van der Waals surface area contributed by atoms with Gasteiger partial charge in [0.1, 0.15) is 0 Å². The summed E-state index contributed by atoms with van der Waals surface area (Å²) in [5.74, 6) is 0.695. The molecule has 3 aromatic heterocycles. The van der Waals surface area contributed by atoms with Gasteiger partial charge in [0.25, 0.3) is 5.56 Å². The molecule has 0 atom stereocenters. The third kappa shape index (κ3) is 3.78. The summed E-state index contributed by atoms with van der Waals surface area (Å²) in [7, 11) is 0. The summed E-state index contributed by atoms with van der Waals surface area (Å²) in [5.41, 5.74) is 5.08. The highest BCUT2D eigenvalue weighted by molar-refractivity contribution is 7.99. The van der Waals surface area contributed by atoms with Gasteiger partial charge in [0.05, 0.1) is 22.3 Å². The van der Waals surface area contributed by atoms with Crippen LogP contribution in [0, 0.1) is 20.8 Å². The number of aromatic nitrogens is 5. The van der Waals surface area contributed by atoms with E-state index in [9.17, 15) is 9.59 Å². The number of aryl methyl sites for hydroxylation is 2. The molecule has 0 fully saturated rings.